The molecular weight excluding hydrogens is 322 g/mol. The van der Waals surface area contributed by atoms with Gasteiger partial charge in [-0.25, -0.2) is 9.97 Å². The first kappa shape index (κ1) is 15.2. The highest BCUT2D eigenvalue weighted by Gasteiger charge is 2.44. The summed E-state index contributed by atoms with van der Waals surface area (Å²) in [6.07, 6.45) is 4.24. The van der Waals surface area contributed by atoms with Crippen LogP contribution in [0.25, 0.3) is 0 Å². The van der Waals surface area contributed by atoms with E-state index in [1.807, 2.05) is 13.8 Å². The van der Waals surface area contributed by atoms with E-state index in [0.717, 1.165) is 24.0 Å². The first-order valence-electron chi connectivity index (χ1n) is 6.87. The van der Waals surface area contributed by atoms with Crippen molar-refractivity contribution < 1.29 is 9.53 Å². The van der Waals surface area contributed by atoms with Gasteiger partial charge in [0, 0.05) is 25.5 Å². The molecule has 2 heterocycles. The fraction of sp³-hybridized carbons (Fsp3) is 0.643. The van der Waals surface area contributed by atoms with E-state index >= 15 is 0 Å². The van der Waals surface area contributed by atoms with Crippen molar-refractivity contribution in [3.8, 4) is 0 Å². The number of halogens is 1. The molecule has 0 bridgehead atoms. The van der Waals surface area contributed by atoms with Gasteiger partial charge in [0.1, 0.15) is 0 Å². The second-order valence-electron chi connectivity index (χ2n) is 5.44. The van der Waals surface area contributed by atoms with E-state index < -0.39 is 5.41 Å². The first-order valence-corrected chi connectivity index (χ1v) is 7.66. The van der Waals surface area contributed by atoms with E-state index in [1.165, 1.54) is 0 Å². The van der Waals surface area contributed by atoms with Crippen molar-refractivity contribution in [3.63, 3.8) is 0 Å². The predicted octanol–water partition coefficient (Wildman–Crippen LogP) is 2.65. The Morgan fingerprint density at radius 3 is 2.75 bits per heavy atom. The molecule has 2 atom stereocenters. The molecule has 2 rings (SSSR count). The van der Waals surface area contributed by atoms with Crippen LogP contribution in [0.5, 0.6) is 0 Å². The maximum Gasteiger partial charge on any atom is 0.312 e. The molecule has 5 nitrogen and oxygen atoms in total. The lowest BCUT2D eigenvalue weighted by atomic mass is 9.72. The first-order chi connectivity index (χ1) is 9.47. The quantitative estimate of drug-likeness (QED) is 0.791. The van der Waals surface area contributed by atoms with Crippen LogP contribution in [-0.2, 0) is 9.53 Å². The molecule has 0 radical (unpaired) electrons. The van der Waals surface area contributed by atoms with Crippen LogP contribution in [0.2, 0.25) is 0 Å². The Hall–Kier alpha value is -1.17. The van der Waals surface area contributed by atoms with Gasteiger partial charge in [0.05, 0.1) is 16.5 Å². The molecule has 6 heteroatoms. The number of hydrogen-bond donors (Lipinski definition) is 0. The minimum absolute atomic E-state index is 0.0936. The Bertz CT molecular complexity index is 480. The number of nitrogens with zero attached hydrogens (tertiary/aromatic N) is 3. The number of piperidine rings is 1. The Kier molecular flexibility index (Phi) is 4.62. The smallest absolute Gasteiger partial charge is 0.312 e. The Balaban J connectivity index is 2.08. The molecule has 0 N–H and O–H groups in total. The average Bonchev–Trinajstić information content (AvgIpc) is 2.43. The fourth-order valence-corrected chi connectivity index (χ4v) is 2.69. The predicted molar refractivity (Wildman–Crippen MR) is 80.5 cm³/mol. The summed E-state index contributed by atoms with van der Waals surface area (Å²) in [6.45, 7) is 7.88. The van der Waals surface area contributed by atoms with Crippen molar-refractivity contribution in [2.45, 2.75) is 27.2 Å². The molecule has 1 aliphatic heterocycles. The molecule has 110 valence electrons. The summed E-state index contributed by atoms with van der Waals surface area (Å²) in [6, 6.07) is 0. The third kappa shape index (κ3) is 2.95. The molecule has 0 amide bonds. The molecule has 1 fully saturated rings. The topological polar surface area (TPSA) is 55.3 Å². The third-order valence-electron chi connectivity index (χ3n) is 4.11. The molecule has 1 aliphatic rings. The summed E-state index contributed by atoms with van der Waals surface area (Å²) in [4.78, 5) is 22.9. The van der Waals surface area contributed by atoms with Gasteiger partial charge < -0.3 is 9.64 Å². The number of carbonyl (C=O) groups is 1. The summed E-state index contributed by atoms with van der Waals surface area (Å²) >= 11 is 3.33. The van der Waals surface area contributed by atoms with E-state index in [-0.39, 0.29) is 11.9 Å². The van der Waals surface area contributed by atoms with Gasteiger partial charge in [-0.2, -0.15) is 0 Å². The number of ether oxygens (including phenoxy) is 1. The molecule has 2 unspecified atom stereocenters. The number of rotatable bonds is 3. The minimum atomic E-state index is -0.415. The average molecular weight is 342 g/mol. The summed E-state index contributed by atoms with van der Waals surface area (Å²) in [5.74, 6) is 0.817. The zero-order chi connectivity index (χ0) is 14.8. The lowest BCUT2D eigenvalue weighted by Crippen LogP contribution is -2.49. The summed E-state index contributed by atoms with van der Waals surface area (Å²) in [5.41, 5.74) is -0.415. The van der Waals surface area contributed by atoms with Crippen LogP contribution in [0.3, 0.4) is 0 Å². The second-order valence-corrected chi connectivity index (χ2v) is 6.35. The highest BCUT2D eigenvalue weighted by molar-refractivity contribution is 9.10. The normalized spacial score (nSPS) is 26.4. The van der Waals surface area contributed by atoms with Crippen molar-refractivity contribution in [2.24, 2.45) is 11.3 Å². The van der Waals surface area contributed by atoms with Gasteiger partial charge in [-0.1, -0.05) is 6.92 Å². The van der Waals surface area contributed by atoms with Crippen LogP contribution >= 0.6 is 15.9 Å². The van der Waals surface area contributed by atoms with Gasteiger partial charge in [-0.3, -0.25) is 4.79 Å². The molecule has 1 saturated heterocycles. The monoisotopic (exact) mass is 341 g/mol. The van der Waals surface area contributed by atoms with Crippen LogP contribution in [0, 0.1) is 11.3 Å². The van der Waals surface area contributed by atoms with E-state index in [0.29, 0.717) is 12.6 Å². The van der Waals surface area contributed by atoms with Gasteiger partial charge in [-0.15, -0.1) is 0 Å². The van der Waals surface area contributed by atoms with Gasteiger partial charge in [0.25, 0.3) is 0 Å². The zero-order valence-corrected chi connectivity index (χ0v) is 13.7. The van der Waals surface area contributed by atoms with E-state index in [1.54, 1.807) is 12.4 Å². The van der Waals surface area contributed by atoms with Gasteiger partial charge in [0.15, 0.2) is 0 Å². The van der Waals surface area contributed by atoms with Crippen LogP contribution in [0.4, 0.5) is 5.95 Å². The molecule has 1 aromatic rings. The van der Waals surface area contributed by atoms with Crippen LogP contribution < -0.4 is 4.90 Å². The van der Waals surface area contributed by atoms with Crippen molar-refractivity contribution in [2.75, 3.05) is 24.6 Å². The van der Waals surface area contributed by atoms with Crippen LogP contribution in [-0.4, -0.2) is 35.6 Å². The van der Waals surface area contributed by atoms with Gasteiger partial charge in [0.2, 0.25) is 5.95 Å². The number of esters is 1. The summed E-state index contributed by atoms with van der Waals surface area (Å²) < 4.78 is 6.08. The van der Waals surface area contributed by atoms with Crippen LogP contribution in [0.15, 0.2) is 16.9 Å². The highest BCUT2D eigenvalue weighted by Crippen LogP contribution is 2.38. The van der Waals surface area contributed by atoms with E-state index in [4.69, 9.17) is 4.74 Å². The highest BCUT2D eigenvalue weighted by atomic mass is 79.9. The summed E-state index contributed by atoms with van der Waals surface area (Å²) in [5, 5.41) is 0. The SMILES string of the molecule is CCOC(=O)C1(C)CCN(c2ncc(Br)cn2)CC1C. The fourth-order valence-electron chi connectivity index (χ4n) is 2.49. The van der Waals surface area contributed by atoms with Crippen molar-refractivity contribution in [1.29, 1.82) is 0 Å². The largest absolute Gasteiger partial charge is 0.466 e. The third-order valence-corrected chi connectivity index (χ3v) is 4.52. The Morgan fingerprint density at radius 2 is 2.20 bits per heavy atom. The van der Waals surface area contributed by atoms with Crippen molar-refractivity contribution >= 4 is 27.8 Å². The molecular formula is C14H20BrN3O2. The van der Waals surface area contributed by atoms with Gasteiger partial charge >= 0.3 is 5.97 Å². The summed E-state index contributed by atoms with van der Waals surface area (Å²) in [7, 11) is 0. The lowest BCUT2D eigenvalue weighted by molar-refractivity contribution is -0.158. The van der Waals surface area contributed by atoms with Crippen LogP contribution in [0.1, 0.15) is 27.2 Å². The number of hydrogen-bond acceptors (Lipinski definition) is 5. The zero-order valence-electron chi connectivity index (χ0n) is 12.1. The number of aromatic nitrogens is 2. The van der Waals surface area contributed by atoms with Gasteiger partial charge in [-0.05, 0) is 42.1 Å². The maximum absolute atomic E-state index is 12.1. The Labute approximate surface area is 127 Å². The molecule has 0 saturated carbocycles. The lowest BCUT2D eigenvalue weighted by Gasteiger charge is -2.42. The molecule has 20 heavy (non-hydrogen) atoms. The number of carbonyl (C=O) groups excluding carboxylic acids is 1. The van der Waals surface area contributed by atoms with Crippen molar-refractivity contribution in [1.82, 2.24) is 9.97 Å². The van der Waals surface area contributed by atoms with E-state index in [2.05, 4.69) is 37.7 Å². The molecule has 0 aromatic carbocycles. The maximum atomic E-state index is 12.1. The minimum Gasteiger partial charge on any atom is -0.466 e. The number of anilines is 1. The van der Waals surface area contributed by atoms with Crippen molar-refractivity contribution in [3.05, 3.63) is 16.9 Å². The standard InChI is InChI=1S/C14H20BrN3O2/c1-4-20-12(19)14(3)5-6-18(9-10(14)2)13-16-7-11(15)8-17-13/h7-8,10H,4-6,9H2,1-3H3. The second kappa shape index (κ2) is 6.08. The van der Waals surface area contributed by atoms with E-state index in [9.17, 15) is 4.79 Å². The molecule has 0 spiro atoms. The molecule has 0 aliphatic carbocycles. The molecule has 1 aromatic heterocycles. The Morgan fingerprint density at radius 1 is 1.55 bits per heavy atom.